The lowest BCUT2D eigenvalue weighted by Gasteiger charge is -2.34. The van der Waals surface area contributed by atoms with Crippen LogP contribution in [-0.4, -0.2) is 44.9 Å². The maximum absolute atomic E-state index is 4.56. The third kappa shape index (κ3) is 3.70. The Hall–Kier alpha value is -0.130. The van der Waals surface area contributed by atoms with Gasteiger partial charge in [-0.2, -0.15) is 28.6 Å². The van der Waals surface area contributed by atoms with Gasteiger partial charge in [0.15, 0.2) is 0 Å². The zero-order valence-electron chi connectivity index (χ0n) is 12.3. The summed E-state index contributed by atoms with van der Waals surface area (Å²) < 4.78 is 2.05. The van der Waals surface area contributed by atoms with Crippen molar-refractivity contribution >= 4 is 23.5 Å². The van der Waals surface area contributed by atoms with E-state index in [9.17, 15) is 0 Å². The van der Waals surface area contributed by atoms with E-state index in [1.165, 1.54) is 22.9 Å². The molecule has 1 fully saturated rings. The van der Waals surface area contributed by atoms with Gasteiger partial charge in [-0.05, 0) is 19.5 Å². The molecule has 3 atom stereocenters. The second-order valence-corrected chi connectivity index (χ2v) is 7.89. The summed E-state index contributed by atoms with van der Waals surface area (Å²) >= 11 is 4.24. The Kier molecular flexibility index (Phi) is 5.66. The number of nitrogens with one attached hydrogen (secondary N) is 1. The highest BCUT2D eigenvalue weighted by Gasteiger charge is 2.30. The molecule has 19 heavy (non-hydrogen) atoms. The zero-order chi connectivity index (χ0) is 13.8. The van der Waals surface area contributed by atoms with Gasteiger partial charge in [-0.1, -0.05) is 13.8 Å². The minimum Gasteiger partial charge on any atom is -0.315 e. The van der Waals surface area contributed by atoms with Crippen molar-refractivity contribution in [2.75, 3.05) is 18.6 Å². The largest absolute Gasteiger partial charge is 0.315 e. The summed E-state index contributed by atoms with van der Waals surface area (Å²) in [6.45, 7) is 4.53. The Morgan fingerprint density at radius 2 is 2.21 bits per heavy atom. The number of nitrogens with zero attached hydrogens (tertiary/aromatic N) is 2. The van der Waals surface area contributed by atoms with Gasteiger partial charge >= 0.3 is 0 Å². The number of hydrogen-bond acceptors (Lipinski definition) is 4. The maximum Gasteiger partial charge on any atom is 0.0624 e. The topological polar surface area (TPSA) is 29.9 Å². The SMILES string of the molecule is CCc1cc(CC(NC)C2SCCSC2C)n(C)n1. The van der Waals surface area contributed by atoms with Crippen LogP contribution in [0.5, 0.6) is 0 Å². The molecule has 3 unspecified atom stereocenters. The molecule has 2 rings (SSSR count). The monoisotopic (exact) mass is 299 g/mol. The first-order chi connectivity index (χ1) is 9.15. The standard InChI is InChI=1S/C14H25N3S2/c1-5-11-8-12(17(4)16-11)9-13(15-3)14-10(2)18-6-7-19-14/h8,10,13-15H,5-7,9H2,1-4H3. The molecule has 2 heterocycles. The number of aromatic nitrogens is 2. The van der Waals surface area contributed by atoms with E-state index in [0.717, 1.165) is 18.1 Å². The highest BCUT2D eigenvalue weighted by Crippen LogP contribution is 2.33. The molecule has 1 aromatic heterocycles. The second kappa shape index (κ2) is 7.04. The van der Waals surface area contributed by atoms with Gasteiger partial charge in [0.05, 0.1) is 5.69 Å². The summed E-state index contributed by atoms with van der Waals surface area (Å²) in [6.07, 6.45) is 2.09. The zero-order valence-corrected chi connectivity index (χ0v) is 14.0. The smallest absolute Gasteiger partial charge is 0.0624 e. The molecule has 0 bridgehead atoms. The van der Waals surface area contributed by atoms with Gasteiger partial charge in [-0.3, -0.25) is 4.68 Å². The molecule has 1 N–H and O–H groups in total. The molecule has 0 aromatic carbocycles. The van der Waals surface area contributed by atoms with E-state index in [4.69, 9.17) is 0 Å². The van der Waals surface area contributed by atoms with Crippen LogP contribution in [0.2, 0.25) is 0 Å². The third-order valence-electron chi connectivity index (χ3n) is 3.82. The fourth-order valence-corrected chi connectivity index (χ4v) is 5.64. The fraction of sp³-hybridized carbons (Fsp3) is 0.786. The molecule has 1 aliphatic heterocycles. The Bertz CT molecular complexity index is 405. The lowest BCUT2D eigenvalue weighted by Crippen LogP contribution is -2.44. The normalized spacial score (nSPS) is 25.5. The summed E-state index contributed by atoms with van der Waals surface area (Å²) in [5, 5.41) is 9.52. The predicted molar refractivity (Wildman–Crippen MR) is 87.3 cm³/mol. The predicted octanol–water partition coefficient (Wildman–Crippen LogP) is 2.35. The van der Waals surface area contributed by atoms with Gasteiger partial charge in [0, 0.05) is 47.2 Å². The molecule has 108 valence electrons. The van der Waals surface area contributed by atoms with E-state index < -0.39 is 0 Å². The van der Waals surface area contributed by atoms with Crippen molar-refractivity contribution in [2.24, 2.45) is 7.05 Å². The van der Waals surface area contributed by atoms with Crippen LogP contribution in [0, 0.1) is 0 Å². The lowest BCUT2D eigenvalue weighted by atomic mass is 10.1. The van der Waals surface area contributed by atoms with Crippen molar-refractivity contribution in [2.45, 2.75) is 43.2 Å². The number of likely N-dealkylation sites (N-methyl/N-ethyl adjacent to an activating group) is 1. The van der Waals surface area contributed by atoms with Crippen LogP contribution in [0.25, 0.3) is 0 Å². The molecule has 0 aliphatic carbocycles. The van der Waals surface area contributed by atoms with Gasteiger partial charge in [0.1, 0.15) is 0 Å². The van der Waals surface area contributed by atoms with E-state index in [2.05, 4.69) is 72.6 Å². The highest BCUT2D eigenvalue weighted by atomic mass is 32.2. The summed E-state index contributed by atoms with van der Waals surface area (Å²) in [4.78, 5) is 0. The Balaban J connectivity index is 2.07. The number of aryl methyl sites for hydroxylation is 2. The maximum atomic E-state index is 4.56. The minimum absolute atomic E-state index is 0.535. The van der Waals surface area contributed by atoms with Gasteiger partial charge in [0.2, 0.25) is 0 Å². The quantitative estimate of drug-likeness (QED) is 0.904. The van der Waals surface area contributed by atoms with Crippen molar-refractivity contribution in [3.05, 3.63) is 17.5 Å². The summed E-state index contributed by atoms with van der Waals surface area (Å²) in [5.74, 6) is 2.58. The van der Waals surface area contributed by atoms with Gasteiger partial charge in [-0.25, -0.2) is 0 Å². The first-order valence-corrected chi connectivity index (χ1v) is 9.17. The molecule has 1 saturated heterocycles. The van der Waals surface area contributed by atoms with Gasteiger partial charge < -0.3 is 5.32 Å². The number of hydrogen-bond donors (Lipinski definition) is 1. The molecule has 0 spiro atoms. The number of rotatable bonds is 5. The summed E-state index contributed by atoms with van der Waals surface area (Å²) in [7, 11) is 4.15. The molecule has 0 radical (unpaired) electrons. The molecule has 0 saturated carbocycles. The van der Waals surface area contributed by atoms with Crippen LogP contribution in [0.15, 0.2) is 6.07 Å². The summed E-state index contributed by atoms with van der Waals surface area (Å²) in [6, 6.07) is 2.79. The summed E-state index contributed by atoms with van der Waals surface area (Å²) in [5.41, 5.74) is 2.55. The first kappa shape index (κ1) is 15.3. The van der Waals surface area contributed by atoms with E-state index in [-0.39, 0.29) is 0 Å². The minimum atomic E-state index is 0.535. The van der Waals surface area contributed by atoms with Crippen LogP contribution in [-0.2, 0) is 19.9 Å². The van der Waals surface area contributed by atoms with E-state index in [1.807, 2.05) is 0 Å². The second-order valence-electron chi connectivity index (χ2n) is 5.11. The third-order valence-corrected chi connectivity index (χ3v) is 7.07. The molecule has 1 aromatic rings. The van der Waals surface area contributed by atoms with E-state index in [1.54, 1.807) is 0 Å². The van der Waals surface area contributed by atoms with Crippen LogP contribution >= 0.6 is 23.5 Å². The first-order valence-electron chi connectivity index (χ1n) is 7.08. The van der Waals surface area contributed by atoms with E-state index >= 15 is 0 Å². The highest BCUT2D eigenvalue weighted by molar-refractivity contribution is 8.07. The molecule has 0 amide bonds. The van der Waals surface area contributed by atoms with Crippen molar-refractivity contribution < 1.29 is 0 Å². The van der Waals surface area contributed by atoms with Crippen LogP contribution < -0.4 is 5.32 Å². The van der Waals surface area contributed by atoms with Gasteiger partial charge in [0.25, 0.3) is 0 Å². The molecular formula is C14H25N3S2. The fourth-order valence-electron chi connectivity index (χ4n) is 2.63. The van der Waals surface area contributed by atoms with Crippen molar-refractivity contribution in [3.8, 4) is 0 Å². The van der Waals surface area contributed by atoms with Crippen molar-refractivity contribution in [3.63, 3.8) is 0 Å². The van der Waals surface area contributed by atoms with Gasteiger partial charge in [-0.15, -0.1) is 0 Å². The Morgan fingerprint density at radius 3 is 2.79 bits per heavy atom. The average Bonchev–Trinajstić information content (AvgIpc) is 2.77. The Morgan fingerprint density at radius 1 is 1.47 bits per heavy atom. The van der Waals surface area contributed by atoms with E-state index in [0.29, 0.717) is 11.3 Å². The van der Waals surface area contributed by atoms with Crippen molar-refractivity contribution in [1.29, 1.82) is 0 Å². The molecule has 1 aliphatic rings. The molecular weight excluding hydrogens is 274 g/mol. The number of thioether (sulfide) groups is 2. The Labute approximate surface area is 125 Å². The van der Waals surface area contributed by atoms with Crippen molar-refractivity contribution in [1.82, 2.24) is 15.1 Å². The average molecular weight is 300 g/mol. The molecule has 3 nitrogen and oxygen atoms in total. The van der Waals surface area contributed by atoms with Crippen LogP contribution in [0.1, 0.15) is 25.2 Å². The van der Waals surface area contributed by atoms with Crippen LogP contribution in [0.4, 0.5) is 0 Å². The van der Waals surface area contributed by atoms with Crippen LogP contribution in [0.3, 0.4) is 0 Å². The molecule has 5 heteroatoms. The lowest BCUT2D eigenvalue weighted by molar-refractivity contribution is 0.512.